The van der Waals surface area contributed by atoms with Crippen LogP contribution in [0.25, 0.3) is 0 Å². The summed E-state index contributed by atoms with van der Waals surface area (Å²) in [4.78, 5) is 0. The van der Waals surface area contributed by atoms with Crippen molar-refractivity contribution in [2.45, 2.75) is 15.0 Å². The van der Waals surface area contributed by atoms with Crippen LogP contribution in [-0.4, -0.2) is 38.9 Å². The van der Waals surface area contributed by atoms with Gasteiger partial charge in [0.25, 0.3) is 0 Å². The van der Waals surface area contributed by atoms with Gasteiger partial charge in [0.05, 0.1) is 0 Å². The molecule has 3 heteroatoms. The zero-order valence-electron chi connectivity index (χ0n) is 5.02. The fraction of sp³-hybridized carbons (Fsp3) is 1.00. The van der Waals surface area contributed by atoms with Crippen molar-refractivity contribution in [1.82, 2.24) is 0 Å². The maximum atomic E-state index is 2.38. The van der Waals surface area contributed by atoms with Crippen LogP contribution in [0.1, 0.15) is 13.3 Å². The summed E-state index contributed by atoms with van der Waals surface area (Å²) in [6, 6.07) is 0. The molecule has 1 saturated heterocycles. The van der Waals surface area contributed by atoms with Gasteiger partial charge >= 0.3 is 75.8 Å². The van der Waals surface area contributed by atoms with E-state index < -0.39 is 0 Å². The molecule has 0 amide bonds. The third kappa shape index (κ3) is 2.47. The van der Waals surface area contributed by atoms with Crippen LogP contribution >= 0.6 is 23.5 Å². The number of thioether (sulfide) groups is 2. The molecule has 0 aliphatic carbocycles. The fourth-order valence-corrected chi connectivity index (χ4v) is 5.80. The summed E-state index contributed by atoms with van der Waals surface area (Å²) in [7, 11) is 0. The second-order valence-corrected chi connectivity index (χ2v) is 13.2. The van der Waals surface area contributed by atoms with Crippen molar-refractivity contribution in [2.75, 3.05) is 11.5 Å². The monoisotopic (exact) mass is 338 g/mol. The minimum absolute atomic E-state index is 0.679. The third-order valence-corrected chi connectivity index (χ3v) is 7.79. The zero-order chi connectivity index (χ0) is 6.04. The van der Waals surface area contributed by atoms with Crippen LogP contribution in [0.2, 0.25) is 0 Å². The van der Waals surface area contributed by atoms with Gasteiger partial charge in [-0.15, -0.1) is 0 Å². The molecule has 0 unspecified atom stereocenters. The molecule has 8 heavy (non-hydrogen) atoms. The molecule has 0 atom stereocenters. The molecular weight excluding hydrogens is 329 g/mol. The molecule has 0 aromatic heterocycles. The van der Waals surface area contributed by atoms with Gasteiger partial charge in [0, 0.05) is 0 Å². The van der Waals surface area contributed by atoms with E-state index in [-0.39, 0.29) is 0 Å². The average Bonchev–Trinajstić information content (AvgIpc) is 1.65. The quantitative estimate of drug-likeness (QED) is 0.617. The van der Waals surface area contributed by atoms with Crippen molar-refractivity contribution in [3.8, 4) is 0 Å². The molecule has 0 radical (unpaired) electrons. The van der Waals surface area contributed by atoms with E-state index in [1.54, 1.807) is 0 Å². The summed E-state index contributed by atoms with van der Waals surface area (Å²) in [5, 5.41) is 0. The molecule has 0 N–H and O–H groups in total. The van der Waals surface area contributed by atoms with Crippen LogP contribution in [-0.2, 0) is 0 Å². The average molecular weight is 338 g/mol. The molecule has 1 rings (SSSR count). The Bertz CT molecular complexity index is 74.5. The number of hydrogen-bond donors (Lipinski definition) is 0. The van der Waals surface area contributed by atoms with E-state index >= 15 is 0 Å². The molecule has 0 saturated carbocycles. The van der Waals surface area contributed by atoms with E-state index in [0.717, 1.165) is 25.8 Å². The molecule has 0 aromatic carbocycles. The molecular formula is C5H9S2Tl. The zero-order valence-corrected chi connectivity index (χ0v) is 11.1. The molecule has 44 valence electrons. The van der Waals surface area contributed by atoms with E-state index in [2.05, 4.69) is 30.4 Å². The standard InChI is InChI=1S/C5H9S2.Tl/c1-5-6-3-2-4-7-5;/h2-4H2,1H3;. The van der Waals surface area contributed by atoms with Crippen molar-refractivity contribution in [1.29, 1.82) is 0 Å². The predicted octanol–water partition coefficient (Wildman–Crippen LogP) is 1.70. The van der Waals surface area contributed by atoms with E-state index in [4.69, 9.17) is 0 Å². The summed E-state index contributed by atoms with van der Waals surface area (Å²) in [5.41, 5.74) is 0. The molecule has 0 aromatic rings. The van der Waals surface area contributed by atoms with Gasteiger partial charge < -0.3 is 0 Å². The van der Waals surface area contributed by atoms with Crippen LogP contribution < -0.4 is 0 Å². The van der Waals surface area contributed by atoms with Crippen molar-refractivity contribution >= 4 is 49.3 Å². The molecule has 1 heterocycles. The Labute approximate surface area is 75.2 Å². The van der Waals surface area contributed by atoms with Gasteiger partial charge in [0.15, 0.2) is 0 Å². The van der Waals surface area contributed by atoms with Gasteiger partial charge in [-0.1, -0.05) is 0 Å². The Morgan fingerprint density at radius 3 is 2.12 bits per heavy atom. The van der Waals surface area contributed by atoms with Crippen molar-refractivity contribution in [2.24, 2.45) is 0 Å². The normalized spacial score (nSPS) is 27.5. The predicted molar refractivity (Wildman–Crippen MR) is 43.7 cm³/mol. The maximum absolute atomic E-state index is 2.38. The minimum atomic E-state index is 0.679. The fourth-order valence-electron chi connectivity index (χ4n) is 0.650. The van der Waals surface area contributed by atoms with Crippen molar-refractivity contribution in [3.05, 3.63) is 0 Å². The van der Waals surface area contributed by atoms with Gasteiger partial charge in [-0.3, -0.25) is 0 Å². The molecule has 0 bridgehead atoms. The third-order valence-electron chi connectivity index (χ3n) is 1.07. The second-order valence-electron chi connectivity index (χ2n) is 2.07. The van der Waals surface area contributed by atoms with Gasteiger partial charge in [0.1, 0.15) is 0 Å². The van der Waals surface area contributed by atoms with E-state index in [0.29, 0.717) is 1.64 Å². The Hall–Kier alpha value is 1.62. The summed E-state index contributed by atoms with van der Waals surface area (Å²) in [6.07, 6.45) is 1.43. The van der Waals surface area contributed by atoms with Gasteiger partial charge in [-0.05, 0) is 0 Å². The van der Waals surface area contributed by atoms with Crippen LogP contribution in [0.4, 0.5) is 0 Å². The van der Waals surface area contributed by atoms with Gasteiger partial charge in [-0.2, -0.15) is 0 Å². The Morgan fingerprint density at radius 1 is 1.38 bits per heavy atom. The second kappa shape index (κ2) is 3.14. The molecule has 0 nitrogen and oxygen atoms in total. The number of hydrogen-bond acceptors (Lipinski definition) is 2. The molecule has 1 fully saturated rings. The number of rotatable bonds is 0. The van der Waals surface area contributed by atoms with Crippen LogP contribution in [0.3, 0.4) is 0 Å². The Morgan fingerprint density at radius 2 is 1.88 bits per heavy atom. The summed E-state index contributed by atoms with van der Waals surface area (Å²) < 4.78 is 0.679. The van der Waals surface area contributed by atoms with Crippen LogP contribution in [0.5, 0.6) is 0 Å². The molecule has 1 aliphatic rings. The Balaban J connectivity index is 2.33. The summed E-state index contributed by atoms with van der Waals surface area (Å²) >= 11 is 5.46. The first-order valence-corrected chi connectivity index (χ1v) is 6.99. The first-order chi connectivity index (χ1) is 3.71. The van der Waals surface area contributed by atoms with Crippen molar-refractivity contribution < 1.29 is 0 Å². The Kier molecular flexibility index (Phi) is 3.04. The van der Waals surface area contributed by atoms with E-state index in [1.165, 1.54) is 17.9 Å². The summed E-state index contributed by atoms with van der Waals surface area (Å²) in [5.74, 6) is 2.81. The van der Waals surface area contributed by atoms with Gasteiger partial charge in [-0.25, -0.2) is 0 Å². The first kappa shape index (κ1) is 7.73. The topological polar surface area (TPSA) is 0 Å². The van der Waals surface area contributed by atoms with Crippen molar-refractivity contribution in [3.63, 3.8) is 0 Å². The first-order valence-electron chi connectivity index (χ1n) is 2.77. The van der Waals surface area contributed by atoms with Crippen LogP contribution in [0, 0.1) is 0 Å². The van der Waals surface area contributed by atoms with Crippen LogP contribution in [0.15, 0.2) is 0 Å². The van der Waals surface area contributed by atoms with E-state index in [9.17, 15) is 0 Å². The molecule has 1 aliphatic heterocycles. The van der Waals surface area contributed by atoms with E-state index in [1.807, 2.05) is 0 Å². The van der Waals surface area contributed by atoms with Gasteiger partial charge in [0.2, 0.25) is 0 Å². The molecule has 0 spiro atoms. The SMILES string of the molecule is C[C]1([Tl])SCCCS1. The summed E-state index contributed by atoms with van der Waals surface area (Å²) in [6.45, 7) is 2.38.